The lowest BCUT2D eigenvalue weighted by atomic mass is 10.1. The van der Waals surface area contributed by atoms with Gasteiger partial charge in [-0.05, 0) is 36.6 Å². The predicted molar refractivity (Wildman–Crippen MR) is 115 cm³/mol. The lowest BCUT2D eigenvalue weighted by molar-refractivity contribution is 0.121. The van der Waals surface area contributed by atoms with Crippen LogP contribution in [0.2, 0.25) is 5.02 Å². The molecule has 0 radical (unpaired) electrons. The summed E-state index contributed by atoms with van der Waals surface area (Å²) in [6.45, 7) is 1.74. The Kier molecular flexibility index (Phi) is 5.24. The van der Waals surface area contributed by atoms with E-state index in [0.29, 0.717) is 27.6 Å². The Morgan fingerprint density at radius 2 is 2.00 bits per heavy atom. The molecule has 2 N–H and O–H groups in total. The van der Waals surface area contributed by atoms with Gasteiger partial charge in [0.25, 0.3) is 0 Å². The van der Waals surface area contributed by atoms with Crippen molar-refractivity contribution in [3.8, 4) is 11.3 Å². The Morgan fingerprint density at radius 3 is 2.80 bits per heavy atom. The van der Waals surface area contributed by atoms with Crippen molar-refractivity contribution < 1.29 is 9.53 Å². The van der Waals surface area contributed by atoms with Gasteiger partial charge in [-0.2, -0.15) is 0 Å². The van der Waals surface area contributed by atoms with Crippen LogP contribution in [-0.4, -0.2) is 26.1 Å². The van der Waals surface area contributed by atoms with E-state index in [1.54, 1.807) is 44.3 Å². The number of carbonyl (C=O) groups excluding carboxylic acids is 1. The van der Waals surface area contributed by atoms with Crippen molar-refractivity contribution in [2.24, 2.45) is 7.05 Å². The Hall–Kier alpha value is -3.65. The number of pyridine rings is 1. The summed E-state index contributed by atoms with van der Waals surface area (Å²) in [5.74, 6) is 0.384. The molecular weight excluding hydrogens is 406 g/mol. The fraction of sp³-hybridized carbons (Fsp3) is 0.143. The molecule has 1 amide bonds. The number of anilines is 1. The number of aromatic amines is 1. The van der Waals surface area contributed by atoms with Gasteiger partial charge in [-0.25, -0.2) is 9.48 Å². The van der Waals surface area contributed by atoms with Crippen molar-refractivity contribution in [2.75, 3.05) is 5.32 Å². The molecule has 152 valence electrons. The number of nitrogens with one attached hydrogen (secondary N) is 2. The molecule has 0 unspecified atom stereocenters. The number of carbonyl (C=O) groups is 1. The third-order valence-corrected chi connectivity index (χ3v) is 5.02. The maximum absolute atomic E-state index is 12.5. The first-order valence-corrected chi connectivity index (χ1v) is 9.55. The molecule has 0 saturated heterocycles. The molecule has 1 atom stereocenters. The molecule has 4 aromatic rings. The van der Waals surface area contributed by atoms with E-state index in [1.165, 1.54) is 10.7 Å². The first-order valence-electron chi connectivity index (χ1n) is 9.17. The average molecular weight is 424 g/mol. The molecule has 30 heavy (non-hydrogen) atoms. The van der Waals surface area contributed by atoms with Gasteiger partial charge in [-0.3, -0.25) is 10.1 Å². The van der Waals surface area contributed by atoms with E-state index in [4.69, 9.17) is 16.3 Å². The molecule has 0 bridgehead atoms. The second-order valence-electron chi connectivity index (χ2n) is 6.73. The van der Waals surface area contributed by atoms with E-state index in [0.717, 1.165) is 10.9 Å². The Balaban J connectivity index is 1.58. The number of H-pyrrole nitrogens is 1. The van der Waals surface area contributed by atoms with Crippen LogP contribution in [0.5, 0.6) is 0 Å². The lowest BCUT2D eigenvalue weighted by Crippen LogP contribution is -2.18. The highest BCUT2D eigenvalue weighted by atomic mass is 35.5. The Labute approximate surface area is 176 Å². The van der Waals surface area contributed by atoms with E-state index >= 15 is 0 Å². The second kappa shape index (κ2) is 8.00. The first-order chi connectivity index (χ1) is 14.4. The second-order valence-corrected chi connectivity index (χ2v) is 7.14. The molecule has 4 rings (SSSR count). The molecule has 8 nitrogen and oxygen atoms in total. The van der Waals surface area contributed by atoms with Gasteiger partial charge < -0.3 is 9.72 Å². The van der Waals surface area contributed by atoms with Gasteiger partial charge in [0.05, 0.1) is 0 Å². The maximum atomic E-state index is 12.5. The highest BCUT2D eigenvalue weighted by Crippen LogP contribution is 2.29. The molecule has 9 heteroatoms. The lowest BCUT2D eigenvalue weighted by Gasteiger charge is -2.15. The molecule has 2 heterocycles. The number of fused-ring (bicyclic) bond motifs is 1. The van der Waals surface area contributed by atoms with Crippen molar-refractivity contribution in [2.45, 2.75) is 13.0 Å². The molecule has 2 aromatic carbocycles. The van der Waals surface area contributed by atoms with E-state index in [9.17, 15) is 9.59 Å². The fourth-order valence-electron chi connectivity index (χ4n) is 3.15. The van der Waals surface area contributed by atoms with Crippen molar-refractivity contribution in [3.63, 3.8) is 0 Å². The molecule has 0 aliphatic carbocycles. The van der Waals surface area contributed by atoms with Crippen LogP contribution in [0, 0.1) is 0 Å². The van der Waals surface area contributed by atoms with Crippen molar-refractivity contribution in [1.29, 1.82) is 0 Å². The van der Waals surface area contributed by atoms with Gasteiger partial charge in [0.2, 0.25) is 5.56 Å². The molecule has 0 fully saturated rings. The third-order valence-electron chi connectivity index (χ3n) is 4.67. The zero-order valence-corrected chi connectivity index (χ0v) is 17.0. The van der Waals surface area contributed by atoms with E-state index in [2.05, 4.69) is 20.6 Å². The molecule has 0 aliphatic rings. The monoisotopic (exact) mass is 423 g/mol. The molecular formula is C21H18ClN5O3. The summed E-state index contributed by atoms with van der Waals surface area (Å²) in [6, 6.07) is 15.8. The minimum absolute atomic E-state index is 0.174. The number of benzene rings is 2. The average Bonchev–Trinajstić information content (AvgIpc) is 3.08. The van der Waals surface area contributed by atoms with E-state index in [1.807, 2.05) is 18.2 Å². The van der Waals surface area contributed by atoms with Gasteiger partial charge in [-0.15, -0.1) is 5.10 Å². The highest BCUT2D eigenvalue weighted by molar-refractivity contribution is 6.31. The standard InChI is InChI=1S/C21H18ClN5O3/c1-12(15-5-3-4-6-16(15)22)30-21(29)24-20-19(25-26-27(20)2)14-7-9-17-13(11-14)8-10-18(28)23-17/h3-12H,1-2H3,(H,23,28)(H,24,29)/t12-/m1/s1. The first kappa shape index (κ1) is 19.7. The number of rotatable bonds is 4. The largest absolute Gasteiger partial charge is 0.441 e. The Bertz CT molecular complexity index is 1300. The maximum Gasteiger partial charge on any atom is 0.413 e. The van der Waals surface area contributed by atoms with Gasteiger partial charge in [0, 0.05) is 34.8 Å². The summed E-state index contributed by atoms with van der Waals surface area (Å²) in [7, 11) is 1.67. The summed E-state index contributed by atoms with van der Waals surface area (Å²) < 4.78 is 6.93. The molecule has 0 aliphatic heterocycles. The summed E-state index contributed by atoms with van der Waals surface area (Å²) in [5.41, 5.74) is 2.45. The number of halogens is 1. The summed E-state index contributed by atoms with van der Waals surface area (Å²) in [4.78, 5) is 26.7. The van der Waals surface area contributed by atoms with Gasteiger partial charge in [0.15, 0.2) is 5.82 Å². The van der Waals surface area contributed by atoms with Gasteiger partial charge >= 0.3 is 6.09 Å². The molecule has 0 saturated carbocycles. The van der Waals surface area contributed by atoms with Crippen LogP contribution in [-0.2, 0) is 11.8 Å². The van der Waals surface area contributed by atoms with Crippen LogP contribution in [0.1, 0.15) is 18.6 Å². The van der Waals surface area contributed by atoms with Crippen molar-refractivity contribution in [1.82, 2.24) is 20.0 Å². The number of ether oxygens (including phenoxy) is 1. The van der Waals surface area contributed by atoms with E-state index in [-0.39, 0.29) is 5.56 Å². The van der Waals surface area contributed by atoms with Crippen LogP contribution in [0.15, 0.2) is 59.4 Å². The minimum Gasteiger partial charge on any atom is -0.441 e. The van der Waals surface area contributed by atoms with Crippen LogP contribution < -0.4 is 10.9 Å². The number of amides is 1. The normalized spacial score (nSPS) is 12.0. The topological polar surface area (TPSA) is 102 Å². The SMILES string of the molecule is C[C@@H](OC(=O)Nc1c(-c2ccc3[nH]c(=O)ccc3c2)nnn1C)c1ccccc1Cl. The number of aromatic nitrogens is 4. The fourth-order valence-corrected chi connectivity index (χ4v) is 3.44. The zero-order chi connectivity index (χ0) is 21.3. The van der Waals surface area contributed by atoms with Crippen molar-refractivity contribution >= 4 is 34.4 Å². The predicted octanol–water partition coefficient (Wildman–Crippen LogP) is 4.29. The van der Waals surface area contributed by atoms with Crippen molar-refractivity contribution in [3.05, 3.63) is 75.5 Å². The summed E-state index contributed by atoms with van der Waals surface area (Å²) >= 11 is 6.18. The number of hydrogen-bond donors (Lipinski definition) is 2. The van der Waals surface area contributed by atoms with Crippen LogP contribution in [0.25, 0.3) is 22.2 Å². The molecule has 2 aromatic heterocycles. The minimum atomic E-state index is -0.654. The van der Waals surface area contributed by atoms with Crippen LogP contribution >= 0.6 is 11.6 Å². The van der Waals surface area contributed by atoms with E-state index < -0.39 is 12.2 Å². The van der Waals surface area contributed by atoms with Crippen LogP contribution in [0.3, 0.4) is 0 Å². The highest BCUT2D eigenvalue weighted by Gasteiger charge is 2.19. The smallest absolute Gasteiger partial charge is 0.413 e. The third kappa shape index (κ3) is 3.90. The summed E-state index contributed by atoms with van der Waals surface area (Å²) in [6.07, 6.45) is -1.19. The summed E-state index contributed by atoms with van der Waals surface area (Å²) in [5, 5.41) is 12.2. The number of hydrogen-bond acceptors (Lipinski definition) is 5. The zero-order valence-electron chi connectivity index (χ0n) is 16.2. The number of aryl methyl sites for hydroxylation is 1. The van der Waals surface area contributed by atoms with Gasteiger partial charge in [0.1, 0.15) is 11.8 Å². The molecule has 0 spiro atoms. The van der Waals surface area contributed by atoms with Crippen LogP contribution in [0.4, 0.5) is 10.6 Å². The quantitative estimate of drug-likeness (QED) is 0.510. The van der Waals surface area contributed by atoms with Gasteiger partial charge in [-0.1, -0.05) is 41.1 Å². The number of nitrogens with zero attached hydrogens (tertiary/aromatic N) is 3. The Morgan fingerprint density at radius 1 is 1.20 bits per heavy atom.